The molecule has 2 heterocycles. The highest BCUT2D eigenvalue weighted by atomic mass is 16.1. The van der Waals surface area contributed by atoms with Crippen molar-refractivity contribution in [3.05, 3.63) is 59.5 Å². The molecule has 0 atom stereocenters. The largest absolute Gasteiger partial charge is 0.378 e. The minimum atomic E-state index is -0.137. The third-order valence-electron chi connectivity index (χ3n) is 4.02. The fourth-order valence-corrected chi connectivity index (χ4v) is 2.50. The quantitative estimate of drug-likeness (QED) is 0.808. The molecule has 1 amide bonds. The van der Waals surface area contributed by atoms with Gasteiger partial charge in [0.05, 0.1) is 11.4 Å². The summed E-state index contributed by atoms with van der Waals surface area (Å²) in [5, 5.41) is 2.95. The number of imidazole rings is 1. The van der Waals surface area contributed by atoms with Crippen molar-refractivity contribution in [1.29, 1.82) is 0 Å². The van der Waals surface area contributed by atoms with Gasteiger partial charge in [0.15, 0.2) is 5.65 Å². The Balaban J connectivity index is 1.89. The molecule has 0 aliphatic heterocycles. The number of carbonyl (C=O) groups excluding carboxylic acids is 1. The number of aromatic nitrogens is 2. The standard InChI is InChI=1S/C18H20N4O/c1-12-13(2)22-11-5-6-16(17(22)19-12)20-18(23)14-7-9-15(10-8-14)21(3)4/h5-11H,1-4H3,(H,20,23). The molecule has 0 fully saturated rings. The molecule has 3 aromatic rings. The number of aryl methyl sites for hydroxylation is 2. The summed E-state index contributed by atoms with van der Waals surface area (Å²) in [5.74, 6) is -0.137. The van der Waals surface area contributed by atoms with Gasteiger partial charge in [-0.25, -0.2) is 4.98 Å². The molecule has 1 aromatic carbocycles. The van der Waals surface area contributed by atoms with Crippen molar-refractivity contribution in [2.24, 2.45) is 0 Å². The Morgan fingerprint density at radius 1 is 1.13 bits per heavy atom. The number of carbonyl (C=O) groups is 1. The zero-order valence-corrected chi connectivity index (χ0v) is 13.8. The smallest absolute Gasteiger partial charge is 0.255 e. The molecule has 0 unspecified atom stereocenters. The summed E-state index contributed by atoms with van der Waals surface area (Å²) in [6, 6.07) is 11.3. The van der Waals surface area contributed by atoms with Gasteiger partial charge in [0, 0.05) is 37.2 Å². The summed E-state index contributed by atoms with van der Waals surface area (Å²) in [6.07, 6.45) is 1.95. The number of hydrogen-bond donors (Lipinski definition) is 1. The number of amides is 1. The molecule has 23 heavy (non-hydrogen) atoms. The number of fused-ring (bicyclic) bond motifs is 1. The van der Waals surface area contributed by atoms with Gasteiger partial charge in [-0.2, -0.15) is 0 Å². The van der Waals surface area contributed by atoms with Gasteiger partial charge in [0.25, 0.3) is 5.91 Å². The lowest BCUT2D eigenvalue weighted by atomic mass is 10.2. The number of benzene rings is 1. The van der Waals surface area contributed by atoms with Crippen LogP contribution in [0.3, 0.4) is 0 Å². The Labute approximate surface area is 135 Å². The molecular weight excluding hydrogens is 288 g/mol. The molecule has 3 rings (SSSR count). The van der Waals surface area contributed by atoms with Gasteiger partial charge in [0.1, 0.15) is 0 Å². The number of nitrogens with one attached hydrogen (secondary N) is 1. The lowest BCUT2D eigenvalue weighted by molar-refractivity contribution is 0.102. The van der Waals surface area contributed by atoms with Crippen molar-refractivity contribution in [3.63, 3.8) is 0 Å². The molecule has 0 aliphatic carbocycles. The summed E-state index contributed by atoms with van der Waals surface area (Å²) in [7, 11) is 3.94. The van der Waals surface area contributed by atoms with Crippen LogP contribution < -0.4 is 10.2 Å². The van der Waals surface area contributed by atoms with Crippen molar-refractivity contribution >= 4 is 22.9 Å². The van der Waals surface area contributed by atoms with Crippen LogP contribution in [0.25, 0.3) is 5.65 Å². The lowest BCUT2D eigenvalue weighted by Gasteiger charge is -2.12. The highest BCUT2D eigenvalue weighted by molar-refractivity contribution is 6.06. The van der Waals surface area contributed by atoms with Gasteiger partial charge < -0.3 is 14.6 Å². The maximum absolute atomic E-state index is 12.5. The number of hydrogen-bond acceptors (Lipinski definition) is 3. The van der Waals surface area contributed by atoms with E-state index in [1.54, 1.807) is 0 Å². The molecule has 2 aromatic heterocycles. The van der Waals surface area contributed by atoms with E-state index in [9.17, 15) is 4.79 Å². The molecule has 118 valence electrons. The molecule has 0 saturated heterocycles. The summed E-state index contributed by atoms with van der Waals surface area (Å²) in [6.45, 7) is 3.98. The monoisotopic (exact) mass is 308 g/mol. The molecule has 0 spiro atoms. The van der Waals surface area contributed by atoms with E-state index < -0.39 is 0 Å². The minimum absolute atomic E-state index is 0.137. The van der Waals surface area contributed by atoms with E-state index in [2.05, 4.69) is 10.3 Å². The molecular formula is C18H20N4O. The third kappa shape index (κ3) is 2.77. The second kappa shape index (κ2) is 5.76. The SMILES string of the molecule is Cc1nc2c(NC(=O)c3ccc(N(C)C)cc3)cccn2c1C. The Hall–Kier alpha value is -2.82. The molecule has 0 bridgehead atoms. The Kier molecular flexibility index (Phi) is 3.78. The number of anilines is 2. The van der Waals surface area contributed by atoms with Crippen LogP contribution in [0.1, 0.15) is 21.7 Å². The summed E-state index contributed by atoms with van der Waals surface area (Å²) >= 11 is 0. The van der Waals surface area contributed by atoms with Crippen LogP contribution in [-0.2, 0) is 0 Å². The van der Waals surface area contributed by atoms with Crippen molar-refractivity contribution in [2.45, 2.75) is 13.8 Å². The zero-order valence-electron chi connectivity index (χ0n) is 13.8. The van der Waals surface area contributed by atoms with E-state index in [0.29, 0.717) is 11.3 Å². The normalized spacial score (nSPS) is 10.8. The Bertz CT molecular complexity index is 863. The number of rotatable bonds is 3. The Morgan fingerprint density at radius 2 is 1.83 bits per heavy atom. The summed E-state index contributed by atoms with van der Waals surface area (Å²) < 4.78 is 1.99. The first-order chi connectivity index (χ1) is 11.0. The van der Waals surface area contributed by atoms with Crippen LogP contribution in [0.15, 0.2) is 42.6 Å². The highest BCUT2D eigenvalue weighted by Gasteiger charge is 2.12. The number of pyridine rings is 1. The van der Waals surface area contributed by atoms with E-state index >= 15 is 0 Å². The fraction of sp³-hybridized carbons (Fsp3) is 0.222. The fourth-order valence-electron chi connectivity index (χ4n) is 2.50. The van der Waals surface area contributed by atoms with Gasteiger partial charge in [-0.1, -0.05) is 0 Å². The maximum atomic E-state index is 12.5. The van der Waals surface area contributed by atoms with Crippen molar-refractivity contribution in [1.82, 2.24) is 9.38 Å². The van der Waals surface area contributed by atoms with Gasteiger partial charge in [-0.05, 0) is 50.2 Å². The first-order valence-corrected chi connectivity index (χ1v) is 7.50. The van der Waals surface area contributed by atoms with Crippen LogP contribution in [-0.4, -0.2) is 29.4 Å². The second-order valence-corrected chi connectivity index (χ2v) is 5.79. The second-order valence-electron chi connectivity index (χ2n) is 5.79. The van der Waals surface area contributed by atoms with Crippen LogP contribution >= 0.6 is 0 Å². The van der Waals surface area contributed by atoms with Crippen molar-refractivity contribution < 1.29 is 4.79 Å². The highest BCUT2D eigenvalue weighted by Crippen LogP contribution is 2.20. The first-order valence-electron chi connectivity index (χ1n) is 7.50. The van der Waals surface area contributed by atoms with Gasteiger partial charge >= 0.3 is 0 Å². The van der Waals surface area contributed by atoms with Crippen molar-refractivity contribution in [3.8, 4) is 0 Å². The van der Waals surface area contributed by atoms with Gasteiger partial charge in [-0.3, -0.25) is 4.79 Å². The topological polar surface area (TPSA) is 49.6 Å². The lowest BCUT2D eigenvalue weighted by Crippen LogP contribution is -2.13. The molecule has 0 aliphatic rings. The molecule has 0 radical (unpaired) electrons. The van der Waals surface area contributed by atoms with E-state index in [4.69, 9.17) is 0 Å². The summed E-state index contributed by atoms with van der Waals surface area (Å²) in [5.41, 5.74) is 5.19. The maximum Gasteiger partial charge on any atom is 0.255 e. The minimum Gasteiger partial charge on any atom is -0.378 e. The van der Waals surface area contributed by atoms with E-state index in [1.165, 1.54) is 0 Å². The van der Waals surface area contributed by atoms with Crippen molar-refractivity contribution in [2.75, 3.05) is 24.3 Å². The third-order valence-corrected chi connectivity index (χ3v) is 4.02. The molecule has 5 heteroatoms. The van der Waals surface area contributed by atoms with E-state index in [0.717, 1.165) is 22.7 Å². The molecule has 5 nitrogen and oxygen atoms in total. The Morgan fingerprint density at radius 3 is 2.48 bits per heavy atom. The molecule has 1 N–H and O–H groups in total. The average Bonchev–Trinajstić information content (AvgIpc) is 2.84. The predicted molar refractivity (Wildman–Crippen MR) is 93.4 cm³/mol. The van der Waals surface area contributed by atoms with E-state index in [-0.39, 0.29) is 5.91 Å². The van der Waals surface area contributed by atoms with Gasteiger partial charge in [-0.15, -0.1) is 0 Å². The van der Waals surface area contributed by atoms with Crippen LogP contribution in [0.2, 0.25) is 0 Å². The van der Waals surface area contributed by atoms with Crippen LogP contribution in [0.4, 0.5) is 11.4 Å². The summed E-state index contributed by atoms with van der Waals surface area (Å²) in [4.78, 5) is 19.0. The first kappa shape index (κ1) is 15.1. The van der Waals surface area contributed by atoms with Gasteiger partial charge in [0.2, 0.25) is 0 Å². The predicted octanol–water partition coefficient (Wildman–Crippen LogP) is 3.27. The molecule has 0 saturated carbocycles. The van der Waals surface area contributed by atoms with E-state index in [1.807, 2.05) is 79.8 Å². The van der Waals surface area contributed by atoms with Crippen LogP contribution in [0, 0.1) is 13.8 Å². The average molecular weight is 308 g/mol. The zero-order chi connectivity index (χ0) is 16.6. The number of nitrogens with zero attached hydrogens (tertiary/aromatic N) is 3. The van der Waals surface area contributed by atoms with Crippen LogP contribution in [0.5, 0.6) is 0 Å².